The van der Waals surface area contributed by atoms with Gasteiger partial charge in [0.1, 0.15) is 24.1 Å². The van der Waals surface area contributed by atoms with Crippen molar-refractivity contribution in [1.29, 1.82) is 0 Å². The molecule has 5 nitrogen and oxygen atoms in total. The molecule has 1 saturated heterocycles. The van der Waals surface area contributed by atoms with Gasteiger partial charge < -0.3 is 24.4 Å². The fraction of sp³-hybridized carbons (Fsp3) is 0.364. The minimum absolute atomic E-state index is 0.136. The lowest BCUT2D eigenvalue weighted by Gasteiger charge is -2.40. The number of halogens is 5. The summed E-state index contributed by atoms with van der Waals surface area (Å²) >= 11 is 0. The van der Waals surface area contributed by atoms with Crippen LogP contribution in [0.4, 0.5) is 22.0 Å². The molecule has 1 aliphatic rings. The van der Waals surface area contributed by atoms with Crippen LogP contribution in [0.2, 0.25) is 0 Å². The Kier molecular flexibility index (Phi) is 7.19. The molecule has 174 valence electrons. The maximum absolute atomic E-state index is 14.5. The van der Waals surface area contributed by atoms with E-state index in [0.717, 1.165) is 18.2 Å². The maximum atomic E-state index is 14.5. The predicted octanol–water partition coefficient (Wildman–Crippen LogP) is 4.01. The number of methoxy groups -OCH3 is 1. The van der Waals surface area contributed by atoms with E-state index in [1.54, 1.807) is 6.92 Å². The van der Waals surface area contributed by atoms with Crippen molar-refractivity contribution in [2.45, 2.75) is 43.8 Å². The van der Waals surface area contributed by atoms with Gasteiger partial charge in [-0.05, 0) is 30.7 Å². The van der Waals surface area contributed by atoms with Crippen LogP contribution in [0.5, 0.6) is 5.75 Å². The minimum atomic E-state index is -4.55. The first-order chi connectivity index (χ1) is 15.0. The zero-order valence-corrected chi connectivity index (χ0v) is 17.0. The molecule has 0 radical (unpaired) electrons. The topological polar surface area (TPSA) is 68.2 Å². The first-order valence-corrected chi connectivity index (χ1v) is 9.56. The van der Waals surface area contributed by atoms with Crippen LogP contribution in [0.1, 0.15) is 23.6 Å². The SMILES string of the molecule is CO[C@@H]1C(C)OC(Oc2c(F)cc(F)cc2/C=C/c2cccc(C(F)(F)F)c2)[C@H](O)C1O. The molecule has 0 amide bonds. The monoisotopic (exact) mass is 460 g/mol. The molecular formula is C22H21F5O5. The highest BCUT2D eigenvalue weighted by Gasteiger charge is 2.44. The molecule has 0 aliphatic carbocycles. The van der Waals surface area contributed by atoms with E-state index < -0.39 is 59.8 Å². The van der Waals surface area contributed by atoms with E-state index >= 15 is 0 Å². The van der Waals surface area contributed by atoms with Gasteiger partial charge in [-0.2, -0.15) is 13.2 Å². The van der Waals surface area contributed by atoms with Crippen LogP contribution < -0.4 is 4.74 Å². The number of aliphatic hydroxyl groups excluding tert-OH is 2. The molecule has 1 heterocycles. The number of aliphatic hydroxyl groups is 2. The average molecular weight is 460 g/mol. The molecule has 1 fully saturated rings. The van der Waals surface area contributed by atoms with E-state index in [4.69, 9.17) is 14.2 Å². The Balaban J connectivity index is 1.90. The third-order valence-electron chi connectivity index (χ3n) is 4.99. The summed E-state index contributed by atoms with van der Waals surface area (Å²) in [5.74, 6) is -2.58. The van der Waals surface area contributed by atoms with Crippen molar-refractivity contribution in [3.63, 3.8) is 0 Å². The highest BCUT2D eigenvalue weighted by molar-refractivity contribution is 5.73. The van der Waals surface area contributed by atoms with Crippen LogP contribution in [0.3, 0.4) is 0 Å². The van der Waals surface area contributed by atoms with E-state index in [-0.39, 0.29) is 11.1 Å². The first-order valence-electron chi connectivity index (χ1n) is 9.56. The van der Waals surface area contributed by atoms with E-state index in [2.05, 4.69) is 0 Å². The van der Waals surface area contributed by atoms with Gasteiger partial charge in [-0.25, -0.2) is 8.78 Å². The third-order valence-corrected chi connectivity index (χ3v) is 4.99. The summed E-state index contributed by atoms with van der Waals surface area (Å²) in [6.07, 6.45) is -8.25. The van der Waals surface area contributed by atoms with Gasteiger partial charge in [0, 0.05) is 18.7 Å². The Morgan fingerprint density at radius 2 is 1.75 bits per heavy atom. The van der Waals surface area contributed by atoms with Gasteiger partial charge in [-0.1, -0.05) is 24.3 Å². The minimum Gasteiger partial charge on any atom is -0.458 e. The molecule has 1 aliphatic heterocycles. The zero-order valence-electron chi connectivity index (χ0n) is 17.0. The predicted molar refractivity (Wildman–Crippen MR) is 105 cm³/mol. The Morgan fingerprint density at radius 3 is 2.41 bits per heavy atom. The highest BCUT2D eigenvalue weighted by atomic mass is 19.4. The van der Waals surface area contributed by atoms with Gasteiger partial charge >= 0.3 is 6.18 Å². The second-order valence-electron chi connectivity index (χ2n) is 7.27. The number of ether oxygens (including phenoxy) is 3. The Hall–Kier alpha value is -2.53. The third kappa shape index (κ3) is 5.26. The summed E-state index contributed by atoms with van der Waals surface area (Å²) < 4.78 is 83.0. The summed E-state index contributed by atoms with van der Waals surface area (Å²) in [7, 11) is 1.32. The molecule has 5 atom stereocenters. The van der Waals surface area contributed by atoms with Crippen LogP contribution in [0, 0.1) is 11.6 Å². The van der Waals surface area contributed by atoms with E-state index in [1.807, 2.05) is 0 Å². The van der Waals surface area contributed by atoms with Crippen LogP contribution in [0.25, 0.3) is 12.2 Å². The van der Waals surface area contributed by atoms with Crippen molar-refractivity contribution < 1.29 is 46.4 Å². The molecule has 0 saturated carbocycles. The average Bonchev–Trinajstić information content (AvgIpc) is 2.72. The maximum Gasteiger partial charge on any atom is 0.416 e. The lowest BCUT2D eigenvalue weighted by Crippen LogP contribution is -2.59. The normalized spacial score (nSPS) is 26.5. The molecule has 0 aromatic heterocycles. The second kappa shape index (κ2) is 9.53. The van der Waals surface area contributed by atoms with Gasteiger partial charge in [-0.3, -0.25) is 0 Å². The molecule has 0 spiro atoms. The zero-order chi connectivity index (χ0) is 23.6. The first kappa shape index (κ1) is 24.1. The van der Waals surface area contributed by atoms with Crippen LogP contribution in [-0.2, 0) is 15.7 Å². The van der Waals surface area contributed by atoms with Crippen molar-refractivity contribution in [2.75, 3.05) is 7.11 Å². The largest absolute Gasteiger partial charge is 0.458 e. The molecular weight excluding hydrogens is 439 g/mol. The van der Waals surface area contributed by atoms with Crippen molar-refractivity contribution in [3.05, 3.63) is 64.7 Å². The van der Waals surface area contributed by atoms with Crippen molar-refractivity contribution in [2.24, 2.45) is 0 Å². The molecule has 0 bridgehead atoms. The van der Waals surface area contributed by atoms with Crippen LogP contribution >= 0.6 is 0 Å². The molecule has 10 heteroatoms. The van der Waals surface area contributed by atoms with E-state index in [9.17, 15) is 32.2 Å². The number of hydrogen-bond acceptors (Lipinski definition) is 5. The Bertz CT molecular complexity index is 978. The molecule has 2 aromatic rings. The van der Waals surface area contributed by atoms with Gasteiger partial charge in [0.25, 0.3) is 0 Å². The van der Waals surface area contributed by atoms with Gasteiger partial charge in [-0.15, -0.1) is 0 Å². The van der Waals surface area contributed by atoms with E-state index in [1.165, 1.54) is 31.4 Å². The summed E-state index contributed by atoms with van der Waals surface area (Å²) in [5.41, 5.74) is -0.890. The van der Waals surface area contributed by atoms with Crippen LogP contribution in [-0.4, -0.2) is 48.0 Å². The lowest BCUT2D eigenvalue weighted by molar-refractivity contribution is -0.273. The molecule has 3 rings (SSSR count). The fourth-order valence-electron chi connectivity index (χ4n) is 3.38. The standard InChI is InChI=1S/C22H21F5O5/c1-11-19(30-2)17(28)18(29)21(31-11)32-20-13(9-15(23)10-16(20)24)7-6-12-4-3-5-14(8-12)22(25,26)27/h3-11,17-19,21,28-29H,1-2H3/b7-6+/t11?,17?,18-,19-,21?/m1/s1. The number of rotatable bonds is 5. The molecule has 2 N–H and O–H groups in total. The molecule has 32 heavy (non-hydrogen) atoms. The number of alkyl halides is 3. The Labute approximate surface area is 180 Å². The van der Waals surface area contributed by atoms with Gasteiger partial charge in [0.2, 0.25) is 6.29 Å². The molecule has 2 aromatic carbocycles. The summed E-state index contributed by atoms with van der Waals surface area (Å²) in [4.78, 5) is 0. The number of benzene rings is 2. The van der Waals surface area contributed by atoms with Crippen LogP contribution in [0.15, 0.2) is 36.4 Å². The van der Waals surface area contributed by atoms with Crippen molar-refractivity contribution in [3.8, 4) is 5.75 Å². The van der Waals surface area contributed by atoms with Crippen molar-refractivity contribution >= 4 is 12.2 Å². The summed E-state index contributed by atoms with van der Waals surface area (Å²) in [6, 6.07) is 5.82. The Morgan fingerprint density at radius 1 is 1.03 bits per heavy atom. The smallest absolute Gasteiger partial charge is 0.416 e. The van der Waals surface area contributed by atoms with E-state index in [0.29, 0.717) is 6.07 Å². The van der Waals surface area contributed by atoms with Gasteiger partial charge in [0.05, 0.1) is 11.7 Å². The lowest BCUT2D eigenvalue weighted by atomic mass is 9.99. The fourth-order valence-corrected chi connectivity index (χ4v) is 3.38. The summed E-state index contributed by atoms with van der Waals surface area (Å²) in [5, 5.41) is 20.5. The van der Waals surface area contributed by atoms with Crippen molar-refractivity contribution in [1.82, 2.24) is 0 Å². The quantitative estimate of drug-likeness (QED) is 0.521. The van der Waals surface area contributed by atoms with Gasteiger partial charge in [0.15, 0.2) is 11.6 Å². The highest BCUT2D eigenvalue weighted by Crippen LogP contribution is 2.32. The molecule has 3 unspecified atom stereocenters. The number of hydrogen-bond donors (Lipinski definition) is 2. The summed E-state index contributed by atoms with van der Waals surface area (Å²) in [6.45, 7) is 1.55. The second-order valence-corrected chi connectivity index (χ2v) is 7.27.